The van der Waals surface area contributed by atoms with E-state index < -0.39 is 0 Å². The normalized spacial score (nSPS) is 11.3. The summed E-state index contributed by atoms with van der Waals surface area (Å²) in [5.74, 6) is 0. The largest absolute Gasteiger partial charge is 0.454 e. The van der Waals surface area contributed by atoms with Gasteiger partial charge in [-0.05, 0) is 105 Å². The van der Waals surface area contributed by atoms with E-state index in [1.807, 2.05) is 106 Å². The third-order valence-electron chi connectivity index (χ3n) is 11.7. The van der Waals surface area contributed by atoms with Crippen molar-refractivity contribution >= 4 is 66.2 Å². The van der Waals surface area contributed by atoms with Crippen LogP contribution in [0, 0.1) is 20.8 Å². The van der Waals surface area contributed by atoms with Crippen LogP contribution in [0.15, 0.2) is 178 Å². The molecule has 9 nitrogen and oxygen atoms in total. The van der Waals surface area contributed by atoms with Gasteiger partial charge in [0.2, 0.25) is 28.5 Å². The maximum absolute atomic E-state index is 5.94. The zero-order valence-electron chi connectivity index (χ0n) is 36.0. The number of rotatable bonds is 3. The van der Waals surface area contributed by atoms with Gasteiger partial charge in [-0.15, -0.1) is 0 Å². The number of fused-ring (bicyclic) bond motifs is 9. The summed E-state index contributed by atoms with van der Waals surface area (Å²) in [5.41, 5.74) is 15.8. The Morgan fingerprint density at radius 1 is 0.413 bits per heavy atom. The second-order valence-electron chi connectivity index (χ2n) is 15.9. The van der Waals surface area contributed by atoms with Crippen molar-refractivity contribution in [1.82, 2.24) is 15.0 Å². The van der Waals surface area contributed by atoms with Crippen LogP contribution < -0.4 is 13.7 Å². The van der Waals surface area contributed by atoms with Crippen LogP contribution in [0.4, 0.5) is 0 Å². The Morgan fingerprint density at radius 3 is 1.67 bits per heavy atom. The fourth-order valence-electron chi connectivity index (χ4n) is 8.41. The minimum Gasteiger partial charge on any atom is -0.454 e. The number of hydrogen-bond donors (Lipinski definition) is 0. The molecule has 306 valence electrons. The number of hydrogen-bond acceptors (Lipinski definition) is 6. The van der Waals surface area contributed by atoms with Crippen molar-refractivity contribution in [1.29, 1.82) is 0 Å². The number of nitrogens with zero attached hydrogens (tertiary/aromatic N) is 6. The lowest BCUT2D eigenvalue weighted by Crippen LogP contribution is -2.30. The Bertz CT molecular complexity index is 3290. The smallest absolute Gasteiger partial charge is 0.231 e. The Labute approximate surface area is 363 Å². The summed E-state index contributed by atoms with van der Waals surface area (Å²) in [6.45, 7) is 6.27. The number of benzene rings is 3. The molecule has 63 heavy (non-hydrogen) atoms. The van der Waals surface area contributed by atoms with Gasteiger partial charge in [-0.3, -0.25) is 0 Å². The fourth-order valence-corrected chi connectivity index (χ4v) is 8.41. The monoisotopic (exact) mass is 825 g/mol. The predicted molar refractivity (Wildman–Crippen MR) is 249 cm³/mol. The molecule has 0 atom stereocenters. The first kappa shape index (κ1) is 39.1. The SMILES string of the molecule is Cc1cc2c(cc1-c1cccc[n+]1C)oc1ncccc12.Cc1cc2c(nc1-c1cccc[n+]1C)oc1ccccc12.Cc1nc2c(cc1-c1cccc[n+]1C)oc1ccccc12. The highest BCUT2D eigenvalue weighted by Crippen LogP contribution is 2.34. The Kier molecular flexibility index (Phi) is 10.00. The van der Waals surface area contributed by atoms with Gasteiger partial charge in [-0.2, -0.15) is 4.57 Å². The lowest BCUT2D eigenvalue weighted by Gasteiger charge is -2.04. The minimum absolute atomic E-state index is 0.695. The summed E-state index contributed by atoms with van der Waals surface area (Å²) in [7, 11) is 6.12. The summed E-state index contributed by atoms with van der Waals surface area (Å²) in [4.78, 5) is 13.8. The molecule has 0 spiro atoms. The summed E-state index contributed by atoms with van der Waals surface area (Å²) >= 11 is 0. The van der Waals surface area contributed by atoms with Crippen LogP contribution in [-0.2, 0) is 21.1 Å². The first-order valence-electron chi connectivity index (χ1n) is 20.9. The van der Waals surface area contributed by atoms with Crippen LogP contribution >= 0.6 is 0 Å². The van der Waals surface area contributed by atoms with Crippen LogP contribution in [0.25, 0.3) is 100 Å². The molecule has 9 heterocycles. The molecular weight excluding hydrogens is 781 g/mol. The Hall–Kier alpha value is -8.04. The Balaban J connectivity index is 0.000000112. The molecule has 9 aromatic heterocycles. The molecule has 0 aliphatic heterocycles. The molecule has 3 aromatic carbocycles. The minimum atomic E-state index is 0.695. The van der Waals surface area contributed by atoms with Gasteiger partial charge in [0.1, 0.15) is 49.1 Å². The van der Waals surface area contributed by atoms with E-state index in [1.54, 1.807) is 6.20 Å². The zero-order chi connectivity index (χ0) is 43.2. The highest BCUT2D eigenvalue weighted by Gasteiger charge is 2.20. The molecule has 0 saturated heterocycles. The topological polar surface area (TPSA) is 89.7 Å². The summed E-state index contributed by atoms with van der Waals surface area (Å²) in [5, 5.41) is 5.45. The molecular formula is C54H45N6O3+3. The molecule has 0 bridgehead atoms. The van der Waals surface area contributed by atoms with Crippen molar-refractivity contribution in [2.45, 2.75) is 20.8 Å². The van der Waals surface area contributed by atoms with E-state index in [1.165, 1.54) is 16.8 Å². The van der Waals surface area contributed by atoms with E-state index in [4.69, 9.17) is 23.2 Å². The molecule has 0 aliphatic carbocycles. The van der Waals surface area contributed by atoms with Gasteiger partial charge in [0, 0.05) is 69.5 Å². The highest BCUT2D eigenvalue weighted by atomic mass is 16.3. The number of aromatic nitrogens is 6. The van der Waals surface area contributed by atoms with Crippen LogP contribution in [0.2, 0.25) is 0 Å². The van der Waals surface area contributed by atoms with E-state index in [2.05, 4.69) is 113 Å². The molecule has 0 saturated carbocycles. The fraction of sp³-hybridized carbons (Fsp3) is 0.111. The van der Waals surface area contributed by atoms with Crippen LogP contribution in [0.1, 0.15) is 16.8 Å². The van der Waals surface area contributed by atoms with Crippen molar-refractivity contribution in [3.63, 3.8) is 0 Å². The van der Waals surface area contributed by atoms with Gasteiger partial charge in [-0.1, -0.05) is 30.3 Å². The van der Waals surface area contributed by atoms with Crippen molar-refractivity contribution in [2.75, 3.05) is 0 Å². The third kappa shape index (κ3) is 7.23. The maximum Gasteiger partial charge on any atom is 0.231 e. The van der Waals surface area contributed by atoms with E-state index in [0.29, 0.717) is 11.4 Å². The first-order valence-corrected chi connectivity index (χ1v) is 20.9. The van der Waals surface area contributed by atoms with Gasteiger partial charge in [-0.25, -0.2) is 24.1 Å². The van der Waals surface area contributed by atoms with Crippen LogP contribution in [0.3, 0.4) is 0 Å². The van der Waals surface area contributed by atoms with Crippen LogP contribution in [-0.4, -0.2) is 15.0 Å². The average molecular weight is 826 g/mol. The third-order valence-corrected chi connectivity index (χ3v) is 11.7. The number of aryl methyl sites for hydroxylation is 6. The molecule has 0 unspecified atom stereocenters. The van der Waals surface area contributed by atoms with Crippen molar-refractivity contribution in [2.24, 2.45) is 21.1 Å². The van der Waals surface area contributed by atoms with E-state index in [-0.39, 0.29) is 0 Å². The number of furan rings is 3. The van der Waals surface area contributed by atoms with Gasteiger partial charge < -0.3 is 13.3 Å². The molecule has 0 N–H and O–H groups in total. The summed E-state index contributed by atoms with van der Waals surface area (Å²) in [6.07, 6.45) is 7.88. The molecule has 12 aromatic rings. The quantitative estimate of drug-likeness (QED) is 0.165. The molecule has 0 fully saturated rings. The lowest BCUT2D eigenvalue weighted by molar-refractivity contribution is -0.660. The zero-order valence-corrected chi connectivity index (χ0v) is 36.0. The van der Waals surface area contributed by atoms with Crippen molar-refractivity contribution in [3.8, 4) is 33.9 Å². The number of para-hydroxylation sites is 2. The lowest BCUT2D eigenvalue weighted by atomic mass is 10.0. The first-order chi connectivity index (χ1) is 30.7. The van der Waals surface area contributed by atoms with E-state index >= 15 is 0 Å². The summed E-state index contributed by atoms with van der Waals surface area (Å²) < 4.78 is 24.0. The average Bonchev–Trinajstić information content (AvgIpc) is 3.97. The second kappa shape index (κ2) is 16.1. The predicted octanol–water partition coefficient (Wildman–Crippen LogP) is 11.3. The molecule has 12 rings (SSSR count). The summed E-state index contributed by atoms with van der Waals surface area (Å²) in [6, 6.07) is 47.1. The number of pyridine rings is 6. The van der Waals surface area contributed by atoms with Gasteiger partial charge in [0.15, 0.2) is 24.2 Å². The van der Waals surface area contributed by atoms with Gasteiger partial charge in [0.05, 0.1) is 16.8 Å². The maximum atomic E-state index is 5.94. The van der Waals surface area contributed by atoms with E-state index in [0.717, 1.165) is 88.7 Å². The Morgan fingerprint density at radius 2 is 0.968 bits per heavy atom. The van der Waals surface area contributed by atoms with Crippen LogP contribution in [0.5, 0.6) is 0 Å². The standard InChI is InChI=1S/3C18H15N2O/c1-12-10-15-13-6-5-8-19-18(13)21-17(15)11-14(12)16-7-3-4-9-20(16)2;1-12-14(15-8-5-6-10-20(15)2)11-17-18(19-12)13-7-3-4-9-16(13)21-17;1-12-11-14-13-7-3-4-9-16(13)21-18(14)19-17(12)15-8-5-6-10-20(15)2/h3*3-11H,1-2H3/q3*+1. The molecule has 0 aliphatic rings. The van der Waals surface area contributed by atoms with Crippen molar-refractivity contribution in [3.05, 3.63) is 181 Å². The van der Waals surface area contributed by atoms with Gasteiger partial charge in [0.25, 0.3) is 0 Å². The molecule has 0 amide bonds. The molecule has 0 radical (unpaired) electrons. The highest BCUT2D eigenvalue weighted by molar-refractivity contribution is 6.06. The second-order valence-corrected chi connectivity index (χ2v) is 15.9. The molecule has 9 heteroatoms. The van der Waals surface area contributed by atoms with E-state index in [9.17, 15) is 0 Å². The van der Waals surface area contributed by atoms with Crippen molar-refractivity contribution < 1.29 is 27.0 Å². The van der Waals surface area contributed by atoms with Gasteiger partial charge >= 0.3 is 0 Å².